The van der Waals surface area contributed by atoms with Crippen molar-refractivity contribution < 1.29 is 32.6 Å². The predicted octanol–water partition coefficient (Wildman–Crippen LogP) is 3.44. The summed E-state index contributed by atoms with van der Waals surface area (Å²) in [6.07, 6.45) is 0.191. The first-order valence-corrected chi connectivity index (χ1v) is 11.7. The number of carbonyl (C=O) groups is 2. The molecule has 1 N–H and O–H groups in total. The molecule has 10 heteroatoms. The van der Waals surface area contributed by atoms with E-state index in [1.165, 1.54) is 30.0 Å². The summed E-state index contributed by atoms with van der Waals surface area (Å²) in [5, 5.41) is 2.60. The number of benzene rings is 2. The molecule has 3 heterocycles. The second kappa shape index (κ2) is 9.43. The fourth-order valence-corrected chi connectivity index (χ4v) is 4.81. The number of carbonyl (C=O) groups excluding carboxylic acids is 2. The van der Waals surface area contributed by atoms with Crippen molar-refractivity contribution in [3.8, 4) is 11.1 Å². The van der Waals surface area contributed by atoms with Crippen LogP contribution < -0.4 is 15.1 Å². The number of piperidine rings is 1. The second-order valence-electron chi connectivity index (χ2n) is 8.98. The molecule has 3 fully saturated rings. The molecule has 3 saturated heterocycles. The summed E-state index contributed by atoms with van der Waals surface area (Å²) in [4.78, 5) is 26.6. The van der Waals surface area contributed by atoms with Gasteiger partial charge in [0.05, 0.1) is 37.7 Å². The molecule has 2 amide bonds. The van der Waals surface area contributed by atoms with Crippen molar-refractivity contribution in [2.75, 3.05) is 49.2 Å². The van der Waals surface area contributed by atoms with Gasteiger partial charge >= 0.3 is 6.09 Å². The third-order valence-electron chi connectivity index (χ3n) is 6.66. The van der Waals surface area contributed by atoms with Gasteiger partial charge in [0.15, 0.2) is 5.79 Å². The number of cyclic esters (lactones) is 1. The average molecular weight is 488 g/mol. The highest BCUT2D eigenvalue weighted by atomic mass is 19.1. The zero-order valence-corrected chi connectivity index (χ0v) is 19.4. The lowest BCUT2D eigenvalue weighted by atomic mass is 10.0. The largest absolute Gasteiger partial charge is 0.442 e. The van der Waals surface area contributed by atoms with Crippen LogP contribution in [0.2, 0.25) is 0 Å². The third-order valence-corrected chi connectivity index (χ3v) is 6.66. The van der Waals surface area contributed by atoms with Gasteiger partial charge in [-0.15, -0.1) is 0 Å². The van der Waals surface area contributed by atoms with E-state index in [0.29, 0.717) is 56.1 Å². The predicted molar refractivity (Wildman–Crippen MR) is 124 cm³/mol. The number of hydrogen-bond donors (Lipinski definition) is 1. The first-order valence-electron chi connectivity index (χ1n) is 11.7. The normalized spacial score (nSPS) is 21.5. The molecule has 1 atom stereocenters. The van der Waals surface area contributed by atoms with Crippen molar-refractivity contribution in [3.05, 3.63) is 48.0 Å². The minimum absolute atomic E-state index is 0.182. The highest BCUT2D eigenvalue weighted by Crippen LogP contribution is 2.36. The lowest BCUT2D eigenvalue weighted by Crippen LogP contribution is -2.45. The Bertz CT molecular complexity index is 1130. The van der Waals surface area contributed by atoms with E-state index in [9.17, 15) is 9.59 Å². The van der Waals surface area contributed by atoms with Gasteiger partial charge in [-0.1, -0.05) is 6.07 Å². The van der Waals surface area contributed by atoms with Crippen molar-refractivity contribution >= 4 is 23.4 Å². The highest BCUT2D eigenvalue weighted by molar-refractivity contribution is 5.90. The molecular weight excluding hydrogens is 460 g/mol. The van der Waals surface area contributed by atoms with Crippen molar-refractivity contribution in [2.24, 2.45) is 0 Å². The minimum atomic E-state index is -0.611. The average Bonchev–Trinajstić information content (AvgIpc) is 3.45. The molecular formula is C25H27F2N3O5. The number of nitrogens with zero attached hydrogens (tertiary/aromatic N) is 2. The maximum absolute atomic E-state index is 15.0. The van der Waals surface area contributed by atoms with Crippen LogP contribution in [0.3, 0.4) is 0 Å². The smallest absolute Gasteiger partial charge is 0.414 e. The molecule has 3 aliphatic rings. The summed E-state index contributed by atoms with van der Waals surface area (Å²) in [7, 11) is 0. The zero-order chi connectivity index (χ0) is 24.6. The maximum atomic E-state index is 15.0. The monoisotopic (exact) mass is 487 g/mol. The molecule has 0 aliphatic carbocycles. The van der Waals surface area contributed by atoms with E-state index >= 15 is 8.78 Å². The summed E-state index contributed by atoms with van der Waals surface area (Å²) in [6.45, 7) is 4.13. The number of nitrogens with one attached hydrogen (secondary N) is 1. The Morgan fingerprint density at radius 1 is 1.09 bits per heavy atom. The first kappa shape index (κ1) is 23.5. The summed E-state index contributed by atoms with van der Waals surface area (Å²) in [5.74, 6) is -1.78. The fraction of sp³-hybridized carbons (Fsp3) is 0.440. The summed E-state index contributed by atoms with van der Waals surface area (Å²) in [5.41, 5.74) is 1.42. The Morgan fingerprint density at radius 2 is 1.83 bits per heavy atom. The minimum Gasteiger partial charge on any atom is -0.442 e. The molecule has 0 radical (unpaired) electrons. The standard InChI is InChI=1S/C25H27F2N3O5/c1-16(31)28-14-19-15-30(24(32)35-19)18-3-4-20(21(26)13-18)17-2-5-23(22(27)12-17)29-8-6-25(7-9-29)33-10-11-34-25/h2-5,12-13,19H,6-11,14-15H2,1H3,(H,28,31). The summed E-state index contributed by atoms with van der Waals surface area (Å²) < 4.78 is 46.8. The van der Waals surface area contributed by atoms with Crippen molar-refractivity contribution in [1.29, 1.82) is 0 Å². The maximum Gasteiger partial charge on any atom is 0.414 e. The molecule has 3 aliphatic heterocycles. The van der Waals surface area contributed by atoms with E-state index in [1.54, 1.807) is 18.2 Å². The number of halogens is 2. The number of ether oxygens (including phenoxy) is 3. The van der Waals surface area contributed by atoms with Gasteiger partial charge in [0.25, 0.3) is 0 Å². The van der Waals surface area contributed by atoms with Gasteiger partial charge in [-0.3, -0.25) is 9.69 Å². The van der Waals surface area contributed by atoms with Crippen molar-refractivity contribution in [3.63, 3.8) is 0 Å². The highest BCUT2D eigenvalue weighted by Gasteiger charge is 2.40. The molecule has 0 aromatic heterocycles. The van der Waals surface area contributed by atoms with Crippen LogP contribution in [-0.4, -0.2) is 63.3 Å². The van der Waals surface area contributed by atoms with E-state index in [4.69, 9.17) is 14.2 Å². The van der Waals surface area contributed by atoms with Gasteiger partial charge in [0, 0.05) is 38.4 Å². The summed E-state index contributed by atoms with van der Waals surface area (Å²) in [6, 6.07) is 9.03. The number of anilines is 2. The number of hydrogen-bond acceptors (Lipinski definition) is 6. The van der Waals surface area contributed by atoms with Gasteiger partial charge in [-0.05, 0) is 35.9 Å². The SMILES string of the molecule is CC(=O)NCC1CN(c2ccc(-c3ccc(N4CCC5(CC4)OCCO5)c(F)c3)c(F)c2)C(=O)O1. The number of amides is 2. The second-order valence-corrected chi connectivity index (χ2v) is 8.98. The lowest BCUT2D eigenvalue weighted by Gasteiger charge is -2.38. The quantitative estimate of drug-likeness (QED) is 0.696. The van der Waals surface area contributed by atoms with Gasteiger partial charge in [0.1, 0.15) is 17.7 Å². The zero-order valence-electron chi connectivity index (χ0n) is 19.4. The first-order chi connectivity index (χ1) is 16.8. The van der Waals surface area contributed by atoms with Crippen molar-refractivity contribution in [2.45, 2.75) is 31.7 Å². The summed E-state index contributed by atoms with van der Waals surface area (Å²) >= 11 is 0. The Labute approximate surface area is 201 Å². The Hall–Kier alpha value is -3.24. The van der Waals surface area contributed by atoms with Gasteiger partial charge in [-0.25, -0.2) is 13.6 Å². The van der Waals surface area contributed by atoms with Crippen LogP contribution in [0, 0.1) is 11.6 Å². The van der Waals surface area contributed by atoms with E-state index in [2.05, 4.69) is 5.32 Å². The van der Waals surface area contributed by atoms with Crippen molar-refractivity contribution in [1.82, 2.24) is 5.32 Å². The Morgan fingerprint density at radius 3 is 2.49 bits per heavy atom. The molecule has 1 unspecified atom stereocenters. The topological polar surface area (TPSA) is 80.3 Å². The molecule has 1 spiro atoms. The van der Waals surface area contributed by atoms with E-state index in [0.717, 1.165) is 0 Å². The molecule has 8 nitrogen and oxygen atoms in total. The molecule has 0 saturated carbocycles. The lowest BCUT2D eigenvalue weighted by molar-refractivity contribution is -0.169. The molecule has 186 valence electrons. The van der Waals surface area contributed by atoms with Crippen LogP contribution in [0.4, 0.5) is 25.0 Å². The molecule has 35 heavy (non-hydrogen) atoms. The molecule has 2 aromatic carbocycles. The fourth-order valence-electron chi connectivity index (χ4n) is 4.81. The molecule has 2 aromatic rings. The van der Waals surface area contributed by atoms with Crippen LogP contribution in [-0.2, 0) is 19.0 Å². The van der Waals surface area contributed by atoms with E-state index in [-0.39, 0.29) is 24.6 Å². The van der Waals surface area contributed by atoms with E-state index in [1.807, 2.05) is 4.90 Å². The van der Waals surface area contributed by atoms with E-state index < -0.39 is 29.6 Å². The Kier molecular flexibility index (Phi) is 6.33. The van der Waals surface area contributed by atoms with Crippen LogP contribution in [0.5, 0.6) is 0 Å². The molecule has 5 rings (SSSR count). The number of rotatable bonds is 5. The van der Waals surface area contributed by atoms with Crippen LogP contribution in [0.25, 0.3) is 11.1 Å². The third kappa shape index (κ3) is 4.81. The molecule has 0 bridgehead atoms. The Balaban J connectivity index is 1.28. The van der Waals surface area contributed by atoms with Crippen LogP contribution in [0.15, 0.2) is 36.4 Å². The van der Waals surface area contributed by atoms with Crippen LogP contribution in [0.1, 0.15) is 19.8 Å². The van der Waals surface area contributed by atoms with Gasteiger partial charge < -0.3 is 24.4 Å². The van der Waals surface area contributed by atoms with Gasteiger partial charge in [0.2, 0.25) is 5.91 Å². The van der Waals surface area contributed by atoms with Gasteiger partial charge in [-0.2, -0.15) is 0 Å². The van der Waals surface area contributed by atoms with Crippen LogP contribution >= 0.6 is 0 Å².